The number of carboxylic acids is 1. The second kappa shape index (κ2) is 4.40. The quantitative estimate of drug-likeness (QED) is 0.704. The lowest BCUT2D eigenvalue weighted by atomic mass is 10.0. The van der Waals surface area contributed by atoms with Crippen LogP contribution in [-0.4, -0.2) is 37.7 Å². The zero-order valence-corrected chi connectivity index (χ0v) is 9.69. The van der Waals surface area contributed by atoms with Gasteiger partial charge in [-0.25, -0.2) is 0 Å². The molecular weight excluding hydrogens is 236 g/mol. The van der Waals surface area contributed by atoms with Gasteiger partial charge >= 0.3 is 5.97 Å². The summed E-state index contributed by atoms with van der Waals surface area (Å²) in [4.78, 5) is 10.5. The first-order chi connectivity index (χ1) is 7.29. The van der Waals surface area contributed by atoms with E-state index in [1.165, 1.54) is 11.6 Å². The number of carboxylic acid groups (broad SMARTS) is 1. The van der Waals surface area contributed by atoms with Crippen LogP contribution in [0.5, 0.6) is 0 Å². The van der Waals surface area contributed by atoms with Gasteiger partial charge in [0.1, 0.15) is 17.8 Å². The van der Waals surface area contributed by atoms with Gasteiger partial charge in [0.2, 0.25) is 0 Å². The molecule has 16 heavy (non-hydrogen) atoms. The molecular formula is C9H13ClN2O4. The number of rotatable bonds is 4. The molecule has 1 aromatic heterocycles. The highest BCUT2D eigenvalue weighted by Gasteiger charge is 2.30. The molecule has 0 bridgehead atoms. The third-order valence-electron chi connectivity index (χ3n) is 2.24. The van der Waals surface area contributed by atoms with Crippen LogP contribution in [0.3, 0.4) is 0 Å². The van der Waals surface area contributed by atoms with E-state index in [1.54, 1.807) is 6.92 Å². The van der Waals surface area contributed by atoms with E-state index in [1.807, 2.05) is 0 Å². The number of hydrogen-bond donors (Lipinski definition) is 3. The minimum atomic E-state index is -1.58. The van der Waals surface area contributed by atoms with Gasteiger partial charge in [-0.2, -0.15) is 5.10 Å². The lowest BCUT2D eigenvalue weighted by Gasteiger charge is -2.17. The summed E-state index contributed by atoms with van der Waals surface area (Å²) in [7, 11) is 0. The molecule has 0 aromatic carbocycles. The molecule has 3 N–H and O–H groups in total. The predicted octanol–water partition coefficient (Wildman–Crippen LogP) is 0.129. The van der Waals surface area contributed by atoms with Crippen LogP contribution in [-0.2, 0) is 16.9 Å². The van der Waals surface area contributed by atoms with Crippen molar-refractivity contribution in [3.05, 3.63) is 16.4 Å². The Morgan fingerprint density at radius 1 is 1.62 bits per heavy atom. The van der Waals surface area contributed by atoms with Crippen LogP contribution in [0, 0.1) is 6.92 Å². The molecule has 0 aliphatic rings. The highest BCUT2D eigenvalue weighted by Crippen LogP contribution is 2.29. The molecule has 90 valence electrons. The lowest BCUT2D eigenvalue weighted by Crippen LogP contribution is -2.27. The summed E-state index contributed by atoms with van der Waals surface area (Å²) in [6, 6.07) is 0. The van der Waals surface area contributed by atoms with Crippen LogP contribution in [0.1, 0.15) is 18.3 Å². The number of hydrogen-bond acceptors (Lipinski definition) is 4. The Bertz CT molecular complexity index is 414. The molecule has 7 heteroatoms. The highest BCUT2D eigenvalue weighted by atomic mass is 35.5. The maximum atomic E-state index is 10.5. The van der Waals surface area contributed by atoms with Gasteiger partial charge in [-0.3, -0.25) is 9.48 Å². The number of aliphatic hydroxyl groups is 2. The molecule has 1 heterocycles. The van der Waals surface area contributed by atoms with Gasteiger partial charge in [-0.1, -0.05) is 11.6 Å². The monoisotopic (exact) mass is 248 g/mol. The molecule has 0 saturated carbocycles. The number of aliphatic carboxylic acids is 1. The SMILES string of the molecule is Cc1c(Cl)c(C(C)(O)CO)nn1CC(=O)O. The first-order valence-electron chi connectivity index (χ1n) is 4.58. The average molecular weight is 249 g/mol. The molecule has 0 saturated heterocycles. The van der Waals surface area contributed by atoms with Gasteiger partial charge in [0.05, 0.1) is 17.3 Å². The van der Waals surface area contributed by atoms with Gasteiger partial charge in [0.15, 0.2) is 0 Å². The van der Waals surface area contributed by atoms with Crippen LogP contribution in [0.15, 0.2) is 0 Å². The van der Waals surface area contributed by atoms with Crippen LogP contribution in [0.25, 0.3) is 0 Å². The standard InChI is InChI=1S/C9H13ClN2O4/c1-5-7(10)8(9(2,16)4-13)11-12(5)3-6(14)15/h13,16H,3-4H2,1-2H3,(H,14,15). The van der Waals surface area contributed by atoms with Crippen molar-refractivity contribution in [1.82, 2.24) is 9.78 Å². The van der Waals surface area contributed by atoms with Crippen molar-refractivity contribution < 1.29 is 20.1 Å². The van der Waals surface area contributed by atoms with E-state index < -0.39 is 18.2 Å². The fourth-order valence-corrected chi connectivity index (χ4v) is 1.56. The van der Waals surface area contributed by atoms with Crippen molar-refractivity contribution in [2.75, 3.05) is 6.61 Å². The van der Waals surface area contributed by atoms with Crippen molar-refractivity contribution >= 4 is 17.6 Å². The van der Waals surface area contributed by atoms with E-state index in [9.17, 15) is 9.90 Å². The zero-order chi connectivity index (χ0) is 12.5. The summed E-state index contributed by atoms with van der Waals surface area (Å²) in [5.41, 5.74) is -1.06. The minimum Gasteiger partial charge on any atom is -0.480 e. The Morgan fingerprint density at radius 3 is 2.62 bits per heavy atom. The molecule has 0 spiro atoms. The molecule has 0 amide bonds. The Balaban J connectivity index is 3.19. The van der Waals surface area contributed by atoms with Crippen molar-refractivity contribution in [3.8, 4) is 0 Å². The molecule has 1 unspecified atom stereocenters. The van der Waals surface area contributed by atoms with Crippen LogP contribution in [0.2, 0.25) is 5.02 Å². The average Bonchev–Trinajstić information content (AvgIpc) is 2.46. The van der Waals surface area contributed by atoms with Crippen molar-refractivity contribution in [1.29, 1.82) is 0 Å². The van der Waals surface area contributed by atoms with E-state index in [-0.39, 0.29) is 17.3 Å². The third-order valence-corrected chi connectivity index (χ3v) is 2.69. The second-order valence-electron chi connectivity index (χ2n) is 3.73. The fraction of sp³-hybridized carbons (Fsp3) is 0.556. The van der Waals surface area contributed by atoms with Crippen molar-refractivity contribution in [2.24, 2.45) is 0 Å². The number of carbonyl (C=O) groups is 1. The smallest absolute Gasteiger partial charge is 0.325 e. The minimum absolute atomic E-state index is 0.0791. The normalized spacial score (nSPS) is 14.8. The maximum Gasteiger partial charge on any atom is 0.325 e. The van der Waals surface area contributed by atoms with Gasteiger partial charge in [-0.05, 0) is 13.8 Å². The predicted molar refractivity (Wildman–Crippen MR) is 56.3 cm³/mol. The first-order valence-corrected chi connectivity index (χ1v) is 4.96. The molecule has 0 aliphatic heterocycles. The van der Waals surface area contributed by atoms with E-state index >= 15 is 0 Å². The Labute approximate surface area is 97.1 Å². The summed E-state index contributed by atoms with van der Waals surface area (Å²) < 4.78 is 1.17. The zero-order valence-electron chi connectivity index (χ0n) is 8.94. The highest BCUT2D eigenvalue weighted by molar-refractivity contribution is 6.32. The molecule has 0 fully saturated rings. The fourth-order valence-electron chi connectivity index (χ4n) is 1.23. The summed E-state index contributed by atoms with van der Waals surface area (Å²) in [5, 5.41) is 31.5. The van der Waals surface area contributed by atoms with Gasteiger partial charge in [-0.15, -0.1) is 0 Å². The van der Waals surface area contributed by atoms with E-state index in [0.717, 1.165) is 0 Å². The summed E-state index contributed by atoms with van der Waals surface area (Å²) in [5.74, 6) is -1.06. The van der Waals surface area contributed by atoms with E-state index in [4.69, 9.17) is 21.8 Å². The number of aromatic nitrogens is 2. The Hall–Kier alpha value is -1.11. The third kappa shape index (κ3) is 2.34. The van der Waals surface area contributed by atoms with Crippen molar-refractivity contribution in [2.45, 2.75) is 26.0 Å². The van der Waals surface area contributed by atoms with E-state index in [2.05, 4.69) is 5.10 Å². The number of aliphatic hydroxyl groups excluding tert-OH is 1. The summed E-state index contributed by atoms with van der Waals surface area (Å²) >= 11 is 5.91. The Morgan fingerprint density at radius 2 is 2.19 bits per heavy atom. The van der Waals surface area contributed by atoms with Gasteiger partial charge < -0.3 is 15.3 Å². The second-order valence-corrected chi connectivity index (χ2v) is 4.11. The van der Waals surface area contributed by atoms with Gasteiger partial charge in [0.25, 0.3) is 0 Å². The van der Waals surface area contributed by atoms with Crippen LogP contribution >= 0.6 is 11.6 Å². The van der Waals surface area contributed by atoms with E-state index in [0.29, 0.717) is 5.69 Å². The summed E-state index contributed by atoms with van der Waals surface area (Å²) in [6.45, 7) is 2.06. The molecule has 0 aliphatic carbocycles. The number of halogens is 1. The number of nitrogens with zero attached hydrogens (tertiary/aromatic N) is 2. The molecule has 1 rings (SSSR count). The molecule has 1 atom stereocenters. The molecule has 6 nitrogen and oxygen atoms in total. The van der Waals surface area contributed by atoms with Crippen LogP contribution in [0.4, 0.5) is 0 Å². The van der Waals surface area contributed by atoms with Crippen LogP contribution < -0.4 is 0 Å². The summed E-state index contributed by atoms with van der Waals surface area (Å²) in [6.07, 6.45) is 0. The Kier molecular flexibility index (Phi) is 3.57. The lowest BCUT2D eigenvalue weighted by molar-refractivity contribution is -0.137. The van der Waals surface area contributed by atoms with Crippen molar-refractivity contribution in [3.63, 3.8) is 0 Å². The first kappa shape index (κ1) is 13.0. The van der Waals surface area contributed by atoms with Gasteiger partial charge in [0, 0.05) is 0 Å². The molecule has 1 aromatic rings. The molecule has 0 radical (unpaired) electrons. The maximum absolute atomic E-state index is 10.5. The topological polar surface area (TPSA) is 95.6 Å². The largest absolute Gasteiger partial charge is 0.480 e.